The van der Waals surface area contributed by atoms with Gasteiger partial charge < -0.3 is 5.11 Å². The summed E-state index contributed by atoms with van der Waals surface area (Å²) in [5, 5.41) is 12.2. The van der Waals surface area contributed by atoms with E-state index in [0.29, 0.717) is 6.54 Å². The third-order valence-electron chi connectivity index (χ3n) is 3.43. The molecule has 1 aliphatic carbocycles. The first-order chi connectivity index (χ1) is 7.33. The summed E-state index contributed by atoms with van der Waals surface area (Å²) in [5.41, 5.74) is 0. The predicted octanol–water partition coefficient (Wildman–Crippen LogP) is 3.25. The molecule has 0 aromatic heterocycles. The molecule has 0 bridgehead atoms. The molecule has 0 heterocycles. The van der Waals surface area contributed by atoms with E-state index in [1.54, 1.807) is 0 Å². The molecule has 3 heteroatoms. The van der Waals surface area contributed by atoms with Crippen molar-refractivity contribution < 1.29 is 5.11 Å². The minimum Gasteiger partial charge on any atom is -0.393 e. The monoisotopic (exact) mass is 213 g/mol. The zero-order valence-corrected chi connectivity index (χ0v) is 9.53. The van der Waals surface area contributed by atoms with Crippen molar-refractivity contribution in [3.63, 3.8) is 0 Å². The Kier molecular flexibility index (Phi) is 6.57. The van der Waals surface area contributed by atoms with E-state index < -0.39 is 0 Å². The van der Waals surface area contributed by atoms with E-state index in [4.69, 9.17) is 0 Å². The third kappa shape index (κ3) is 5.88. The van der Waals surface area contributed by atoms with Gasteiger partial charge in [-0.25, -0.2) is 0 Å². The van der Waals surface area contributed by atoms with Gasteiger partial charge in [0.1, 0.15) is 0 Å². The molecule has 1 N–H and O–H groups in total. The van der Waals surface area contributed by atoms with Crippen LogP contribution in [-0.4, -0.2) is 17.8 Å². The van der Waals surface area contributed by atoms with E-state index >= 15 is 0 Å². The first kappa shape index (κ1) is 12.6. The largest absolute Gasteiger partial charge is 0.393 e. The van der Waals surface area contributed by atoms with Crippen molar-refractivity contribution in [2.45, 2.75) is 63.9 Å². The van der Waals surface area contributed by atoms with Crippen LogP contribution in [0.3, 0.4) is 0 Å². The lowest BCUT2D eigenvalue weighted by Crippen LogP contribution is -2.17. The molecule has 0 aromatic carbocycles. The normalized spacial score (nSPS) is 26.5. The molecule has 0 atom stereocenters. The first-order valence-corrected chi connectivity index (χ1v) is 6.30. The Morgan fingerprint density at radius 1 is 1.00 bits per heavy atom. The van der Waals surface area contributed by atoms with Crippen molar-refractivity contribution in [1.29, 1.82) is 0 Å². The molecular formula is C12H23NO2. The number of aliphatic hydroxyl groups excluding tert-OH is 1. The van der Waals surface area contributed by atoms with Crippen LogP contribution in [0, 0.1) is 10.8 Å². The topological polar surface area (TPSA) is 49.7 Å². The van der Waals surface area contributed by atoms with Gasteiger partial charge in [0.2, 0.25) is 0 Å². The third-order valence-corrected chi connectivity index (χ3v) is 3.43. The van der Waals surface area contributed by atoms with Crippen molar-refractivity contribution in [1.82, 2.24) is 0 Å². The van der Waals surface area contributed by atoms with Gasteiger partial charge in [0.25, 0.3) is 0 Å². The van der Waals surface area contributed by atoms with Gasteiger partial charge >= 0.3 is 0 Å². The van der Waals surface area contributed by atoms with E-state index in [2.05, 4.69) is 5.18 Å². The molecule has 0 saturated heterocycles. The van der Waals surface area contributed by atoms with Crippen molar-refractivity contribution in [3.8, 4) is 0 Å². The number of unbranched alkanes of at least 4 members (excludes halogenated alkanes) is 3. The molecule has 0 radical (unpaired) electrons. The fraction of sp³-hybridized carbons (Fsp3) is 1.00. The van der Waals surface area contributed by atoms with Crippen molar-refractivity contribution in [3.05, 3.63) is 4.91 Å². The smallest absolute Gasteiger partial charge is 0.0811 e. The molecule has 88 valence electrons. The summed E-state index contributed by atoms with van der Waals surface area (Å²) in [7, 11) is 0. The van der Waals surface area contributed by atoms with Gasteiger partial charge in [-0.1, -0.05) is 30.9 Å². The summed E-state index contributed by atoms with van der Waals surface area (Å²) in [6, 6.07) is 0. The van der Waals surface area contributed by atoms with E-state index in [1.165, 1.54) is 32.1 Å². The second-order valence-corrected chi connectivity index (χ2v) is 4.73. The van der Waals surface area contributed by atoms with Gasteiger partial charge in [0, 0.05) is 0 Å². The molecule has 0 aromatic rings. The van der Waals surface area contributed by atoms with Gasteiger partial charge in [-0.2, -0.15) is 4.91 Å². The molecule has 1 rings (SSSR count). The van der Waals surface area contributed by atoms with Gasteiger partial charge in [-0.05, 0) is 38.0 Å². The lowest BCUT2D eigenvalue weighted by atomic mass is 9.84. The molecule has 0 amide bonds. The molecule has 1 saturated carbocycles. The van der Waals surface area contributed by atoms with Crippen LogP contribution in [0.25, 0.3) is 0 Å². The second kappa shape index (κ2) is 7.80. The average Bonchev–Trinajstić information content (AvgIpc) is 2.26. The average molecular weight is 213 g/mol. The van der Waals surface area contributed by atoms with Crippen LogP contribution in [-0.2, 0) is 0 Å². The number of rotatable bonds is 7. The number of nitroso groups, excluding NO2 is 1. The van der Waals surface area contributed by atoms with Gasteiger partial charge in [-0.3, -0.25) is 0 Å². The van der Waals surface area contributed by atoms with Crippen LogP contribution in [0.5, 0.6) is 0 Å². The minimum atomic E-state index is -0.0279. The second-order valence-electron chi connectivity index (χ2n) is 4.73. The van der Waals surface area contributed by atoms with E-state index in [0.717, 1.165) is 31.6 Å². The highest BCUT2D eigenvalue weighted by molar-refractivity contribution is 4.71. The summed E-state index contributed by atoms with van der Waals surface area (Å²) in [4.78, 5) is 9.84. The standard InChI is InChI=1S/C12H23NO2/c14-12-8-6-11(7-9-12)5-3-1-2-4-10-13-15/h11-12,14H,1-10H2. The number of nitrogens with zero attached hydrogens (tertiary/aromatic N) is 1. The summed E-state index contributed by atoms with van der Waals surface area (Å²) in [6.45, 7) is 0.482. The van der Waals surface area contributed by atoms with Gasteiger partial charge in [0.15, 0.2) is 0 Å². The Morgan fingerprint density at radius 2 is 1.67 bits per heavy atom. The molecule has 15 heavy (non-hydrogen) atoms. The molecule has 0 spiro atoms. The lowest BCUT2D eigenvalue weighted by Gasteiger charge is -2.25. The maximum atomic E-state index is 9.84. The molecule has 3 nitrogen and oxygen atoms in total. The molecule has 1 fully saturated rings. The van der Waals surface area contributed by atoms with Gasteiger partial charge in [0.05, 0.1) is 12.6 Å². The maximum absolute atomic E-state index is 9.84. The van der Waals surface area contributed by atoms with Crippen LogP contribution < -0.4 is 0 Å². The quantitative estimate of drug-likeness (QED) is 0.521. The fourth-order valence-corrected chi connectivity index (χ4v) is 2.40. The minimum absolute atomic E-state index is 0.0279. The van der Waals surface area contributed by atoms with Crippen LogP contribution in [0.2, 0.25) is 0 Å². The molecular weight excluding hydrogens is 190 g/mol. The Bertz CT molecular complexity index is 165. The Labute approximate surface area is 92.2 Å². The van der Waals surface area contributed by atoms with Crippen LogP contribution in [0.1, 0.15) is 57.8 Å². The molecule has 0 unspecified atom stereocenters. The SMILES string of the molecule is O=NCCCCCCC1CCC(O)CC1. The molecule has 1 aliphatic rings. The van der Waals surface area contributed by atoms with Crippen LogP contribution >= 0.6 is 0 Å². The molecule has 0 aliphatic heterocycles. The summed E-state index contributed by atoms with van der Waals surface area (Å²) in [6.07, 6.45) is 10.3. The van der Waals surface area contributed by atoms with Crippen molar-refractivity contribution in [2.24, 2.45) is 11.1 Å². The Hall–Kier alpha value is -0.440. The van der Waals surface area contributed by atoms with E-state index in [1.807, 2.05) is 0 Å². The summed E-state index contributed by atoms with van der Waals surface area (Å²) >= 11 is 0. The summed E-state index contributed by atoms with van der Waals surface area (Å²) < 4.78 is 0. The maximum Gasteiger partial charge on any atom is 0.0811 e. The van der Waals surface area contributed by atoms with Crippen LogP contribution in [0.4, 0.5) is 0 Å². The highest BCUT2D eigenvalue weighted by atomic mass is 16.3. The van der Waals surface area contributed by atoms with Crippen molar-refractivity contribution >= 4 is 0 Å². The zero-order chi connectivity index (χ0) is 10.9. The predicted molar refractivity (Wildman–Crippen MR) is 61.7 cm³/mol. The number of hydrogen-bond acceptors (Lipinski definition) is 3. The first-order valence-electron chi connectivity index (χ1n) is 6.30. The highest BCUT2D eigenvalue weighted by Crippen LogP contribution is 2.28. The fourth-order valence-electron chi connectivity index (χ4n) is 2.40. The Morgan fingerprint density at radius 3 is 2.33 bits per heavy atom. The lowest BCUT2D eigenvalue weighted by molar-refractivity contribution is 0.106. The van der Waals surface area contributed by atoms with Crippen LogP contribution in [0.15, 0.2) is 5.18 Å². The highest BCUT2D eigenvalue weighted by Gasteiger charge is 2.18. The number of hydrogen-bond donors (Lipinski definition) is 1. The zero-order valence-electron chi connectivity index (χ0n) is 9.53. The van der Waals surface area contributed by atoms with Crippen molar-refractivity contribution in [2.75, 3.05) is 6.54 Å². The van der Waals surface area contributed by atoms with Gasteiger partial charge in [-0.15, -0.1) is 0 Å². The Balaban J connectivity index is 1.89. The number of aliphatic hydroxyl groups is 1. The van der Waals surface area contributed by atoms with E-state index in [-0.39, 0.29) is 6.10 Å². The summed E-state index contributed by atoms with van der Waals surface area (Å²) in [5.74, 6) is 0.845. The van der Waals surface area contributed by atoms with E-state index in [9.17, 15) is 10.0 Å².